The summed E-state index contributed by atoms with van der Waals surface area (Å²) < 4.78 is 11.9. The zero-order valence-electron chi connectivity index (χ0n) is 15.0. The van der Waals surface area contributed by atoms with Crippen LogP contribution in [0.5, 0.6) is 0 Å². The SMILES string of the molecule is CC1=NC23CC=C4C5=C(CCC4C2CCC13O)CC1(CC5)OCCO1. The Hall–Kier alpha value is -0.970. The summed E-state index contributed by atoms with van der Waals surface area (Å²) in [5, 5.41) is 11.2. The molecule has 6 aliphatic rings. The highest BCUT2D eigenvalue weighted by molar-refractivity contribution is 5.98. The topological polar surface area (TPSA) is 51.1 Å². The highest BCUT2D eigenvalue weighted by atomic mass is 16.7. The summed E-state index contributed by atoms with van der Waals surface area (Å²) in [4.78, 5) is 4.93. The predicted molar refractivity (Wildman–Crippen MR) is 94.4 cm³/mol. The van der Waals surface area contributed by atoms with Gasteiger partial charge in [-0.15, -0.1) is 0 Å². The maximum atomic E-state index is 11.2. The molecule has 25 heavy (non-hydrogen) atoms. The lowest BCUT2D eigenvalue weighted by Crippen LogP contribution is -2.66. The molecule has 0 radical (unpaired) electrons. The molecule has 134 valence electrons. The minimum Gasteiger partial charge on any atom is -0.381 e. The summed E-state index contributed by atoms with van der Waals surface area (Å²) in [5.74, 6) is 0.813. The number of aliphatic hydroxyl groups is 1. The smallest absolute Gasteiger partial charge is 0.172 e. The van der Waals surface area contributed by atoms with Gasteiger partial charge in [-0.3, -0.25) is 4.99 Å². The Balaban J connectivity index is 1.37. The number of hydrogen-bond donors (Lipinski definition) is 1. The summed E-state index contributed by atoms with van der Waals surface area (Å²) in [7, 11) is 0. The fourth-order valence-corrected chi connectivity index (χ4v) is 7.05. The lowest BCUT2D eigenvalue weighted by atomic mass is 9.57. The molecule has 4 unspecified atom stereocenters. The molecule has 1 N–H and O–H groups in total. The van der Waals surface area contributed by atoms with Crippen molar-refractivity contribution in [2.24, 2.45) is 16.8 Å². The van der Waals surface area contributed by atoms with E-state index in [1.54, 1.807) is 16.7 Å². The molecule has 1 saturated carbocycles. The number of fused-ring (bicyclic) bond motifs is 3. The summed E-state index contributed by atoms with van der Waals surface area (Å²) >= 11 is 0. The molecule has 2 heterocycles. The van der Waals surface area contributed by atoms with Crippen molar-refractivity contribution in [1.29, 1.82) is 0 Å². The molecule has 0 aromatic carbocycles. The Morgan fingerprint density at radius 2 is 2.00 bits per heavy atom. The van der Waals surface area contributed by atoms with Gasteiger partial charge >= 0.3 is 0 Å². The first-order valence-corrected chi connectivity index (χ1v) is 10.1. The van der Waals surface area contributed by atoms with Crippen LogP contribution in [-0.4, -0.2) is 41.0 Å². The molecule has 4 heteroatoms. The van der Waals surface area contributed by atoms with Gasteiger partial charge in [0.1, 0.15) is 11.1 Å². The van der Waals surface area contributed by atoms with Crippen LogP contribution in [0.2, 0.25) is 0 Å². The molecule has 0 aromatic heterocycles. The van der Waals surface area contributed by atoms with Crippen molar-refractivity contribution in [2.75, 3.05) is 13.2 Å². The van der Waals surface area contributed by atoms with E-state index in [9.17, 15) is 5.11 Å². The third kappa shape index (κ3) is 1.67. The Morgan fingerprint density at radius 3 is 2.80 bits per heavy atom. The van der Waals surface area contributed by atoms with Gasteiger partial charge in [0, 0.05) is 18.6 Å². The predicted octanol–water partition coefficient (Wildman–Crippen LogP) is 3.30. The largest absolute Gasteiger partial charge is 0.381 e. The molecule has 0 amide bonds. The number of aliphatic imine (C=N–C) groups is 1. The van der Waals surface area contributed by atoms with Gasteiger partial charge in [-0.05, 0) is 68.4 Å². The Bertz CT molecular complexity index is 744. The molecule has 2 aliphatic heterocycles. The fourth-order valence-electron chi connectivity index (χ4n) is 7.05. The van der Waals surface area contributed by atoms with E-state index < -0.39 is 5.60 Å². The summed E-state index contributed by atoms with van der Waals surface area (Å²) in [6, 6.07) is 0. The first kappa shape index (κ1) is 15.1. The molecule has 6 rings (SSSR count). The molecular weight excluding hydrogens is 314 g/mol. The number of hydrogen-bond acceptors (Lipinski definition) is 4. The van der Waals surface area contributed by atoms with Crippen LogP contribution in [0.15, 0.2) is 27.8 Å². The van der Waals surface area contributed by atoms with Crippen molar-refractivity contribution in [3.05, 3.63) is 22.8 Å². The van der Waals surface area contributed by atoms with Crippen LogP contribution in [0.1, 0.15) is 58.3 Å². The van der Waals surface area contributed by atoms with Crippen LogP contribution in [0, 0.1) is 11.8 Å². The van der Waals surface area contributed by atoms with Gasteiger partial charge in [0.25, 0.3) is 0 Å². The van der Waals surface area contributed by atoms with E-state index in [1.165, 1.54) is 12.8 Å². The Kier molecular flexibility index (Phi) is 2.81. The molecule has 0 aromatic rings. The Labute approximate surface area is 149 Å². The van der Waals surface area contributed by atoms with Crippen molar-refractivity contribution in [3.63, 3.8) is 0 Å². The van der Waals surface area contributed by atoms with E-state index in [2.05, 4.69) is 6.08 Å². The van der Waals surface area contributed by atoms with Gasteiger partial charge in [0.2, 0.25) is 0 Å². The van der Waals surface area contributed by atoms with E-state index in [-0.39, 0.29) is 11.3 Å². The maximum absolute atomic E-state index is 11.2. The van der Waals surface area contributed by atoms with Gasteiger partial charge in [0.15, 0.2) is 5.79 Å². The summed E-state index contributed by atoms with van der Waals surface area (Å²) in [5.41, 5.74) is 4.93. The number of nitrogens with zero attached hydrogens (tertiary/aromatic N) is 1. The molecule has 4 aliphatic carbocycles. The quantitative estimate of drug-likeness (QED) is 0.735. The van der Waals surface area contributed by atoms with E-state index >= 15 is 0 Å². The highest BCUT2D eigenvalue weighted by Crippen LogP contribution is 2.63. The standard InChI is InChI=1S/C21H27NO3/c1-13-21(23)9-6-18-17-3-2-14-12-19(24-10-11-25-19)7-4-15(14)16(17)5-8-20(18,21)22-13/h5,17-18,23H,2-4,6-12H2,1H3. The van der Waals surface area contributed by atoms with Crippen LogP contribution in [0.4, 0.5) is 0 Å². The monoisotopic (exact) mass is 341 g/mol. The van der Waals surface area contributed by atoms with E-state index in [0.29, 0.717) is 11.8 Å². The minimum atomic E-state index is -0.615. The van der Waals surface area contributed by atoms with Gasteiger partial charge in [-0.2, -0.15) is 0 Å². The number of rotatable bonds is 0. The van der Waals surface area contributed by atoms with Crippen LogP contribution < -0.4 is 0 Å². The first-order valence-electron chi connectivity index (χ1n) is 10.1. The third-order valence-electron chi connectivity index (χ3n) is 8.22. The normalized spacial score (nSPS) is 46.6. The lowest BCUT2D eigenvalue weighted by molar-refractivity contribution is -0.164. The fraction of sp³-hybridized carbons (Fsp3) is 0.762. The molecule has 4 atom stereocenters. The molecule has 2 spiro atoms. The number of allylic oxidation sites excluding steroid dienone is 2. The first-order chi connectivity index (χ1) is 12.1. The Morgan fingerprint density at radius 1 is 1.16 bits per heavy atom. The van der Waals surface area contributed by atoms with Crippen LogP contribution in [0.25, 0.3) is 0 Å². The van der Waals surface area contributed by atoms with Crippen molar-refractivity contribution in [2.45, 2.75) is 75.2 Å². The van der Waals surface area contributed by atoms with E-state index in [4.69, 9.17) is 14.5 Å². The molecule has 2 fully saturated rings. The summed E-state index contributed by atoms with van der Waals surface area (Å²) in [6.07, 6.45) is 10.8. The lowest BCUT2D eigenvalue weighted by Gasteiger charge is -2.55. The van der Waals surface area contributed by atoms with Crippen LogP contribution in [0.3, 0.4) is 0 Å². The van der Waals surface area contributed by atoms with Crippen molar-refractivity contribution >= 4 is 5.71 Å². The van der Waals surface area contributed by atoms with Gasteiger partial charge in [-0.1, -0.05) is 11.6 Å². The average Bonchev–Trinajstić information content (AvgIpc) is 3.16. The average molecular weight is 341 g/mol. The second-order valence-corrected chi connectivity index (χ2v) is 9.00. The van der Waals surface area contributed by atoms with Crippen molar-refractivity contribution in [1.82, 2.24) is 0 Å². The van der Waals surface area contributed by atoms with Gasteiger partial charge in [0.05, 0.1) is 13.2 Å². The molecule has 0 bridgehead atoms. The van der Waals surface area contributed by atoms with E-state index in [0.717, 1.165) is 57.5 Å². The molecule has 4 nitrogen and oxygen atoms in total. The van der Waals surface area contributed by atoms with Crippen LogP contribution >= 0.6 is 0 Å². The van der Waals surface area contributed by atoms with Crippen molar-refractivity contribution in [3.8, 4) is 0 Å². The zero-order valence-corrected chi connectivity index (χ0v) is 15.0. The highest BCUT2D eigenvalue weighted by Gasteiger charge is 2.69. The van der Waals surface area contributed by atoms with Crippen molar-refractivity contribution < 1.29 is 14.6 Å². The van der Waals surface area contributed by atoms with Gasteiger partial charge in [-0.25, -0.2) is 0 Å². The van der Waals surface area contributed by atoms with E-state index in [1.807, 2.05) is 6.92 Å². The summed E-state index contributed by atoms with van der Waals surface area (Å²) in [6.45, 7) is 3.50. The maximum Gasteiger partial charge on any atom is 0.172 e. The zero-order chi connectivity index (χ0) is 16.9. The third-order valence-corrected chi connectivity index (χ3v) is 8.22. The number of ether oxygens (including phenoxy) is 2. The molecular formula is C21H27NO3. The molecule has 1 saturated heterocycles. The van der Waals surface area contributed by atoms with Crippen LogP contribution in [-0.2, 0) is 9.47 Å². The van der Waals surface area contributed by atoms with Gasteiger partial charge < -0.3 is 14.6 Å². The second-order valence-electron chi connectivity index (χ2n) is 9.00. The second kappa shape index (κ2) is 4.65. The minimum absolute atomic E-state index is 0.198.